The van der Waals surface area contributed by atoms with E-state index in [1.807, 2.05) is 60.7 Å². The standard InChI is InChI=1S/C25H21N5O5/c1-34-19-12-14-20(15-13-19)35-25-22(30(32)33)23(26-16-27-25)28-29-24(31)21(17-8-4-2-5-9-17)18-10-6-3-7-11-18/h2-16,21H,1H3,(H,29,31)(H,26,27,28). The highest BCUT2D eigenvalue weighted by atomic mass is 16.6. The summed E-state index contributed by atoms with van der Waals surface area (Å²) in [4.78, 5) is 32.2. The quantitative estimate of drug-likeness (QED) is 0.270. The largest absolute Gasteiger partial charge is 0.497 e. The van der Waals surface area contributed by atoms with Gasteiger partial charge >= 0.3 is 11.6 Å². The first-order chi connectivity index (χ1) is 17.1. The molecule has 2 N–H and O–H groups in total. The molecule has 0 fully saturated rings. The van der Waals surface area contributed by atoms with Crippen molar-refractivity contribution in [3.63, 3.8) is 0 Å². The number of benzene rings is 3. The highest BCUT2D eigenvalue weighted by Crippen LogP contribution is 2.34. The molecule has 176 valence electrons. The summed E-state index contributed by atoms with van der Waals surface area (Å²) in [7, 11) is 1.53. The molecule has 0 radical (unpaired) electrons. The molecule has 0 bridgehead atoms. The van der Waals surface area contributed by atoms with E-state index < -0.39 is 22.4 Å². The van der Waals surface area contributed by atoms with Crippen LogP contribution in [-0.2, 0) is 4.79 Å². The molecule has 0 saturated carbocycles. The number of nitrogens with zero attached hydrogens (tertiary/aromatic N) is 3. The van der Waals surface area contributed by atoms with Gasteiger partial charge in [-0.2, -0.15) is 4.98 Å². The van der Waals surface area contributed by atoms with Gasteiger partial charge in [0.05, 0.1) is 18.0 Å². The molecule has 1 aromatic heterocycles. The number of hydrogen-bond donors (Lipinski definition) is 2. The maximum absolute atomic E-state index is 13.2. The smallest absolute Gasteiger partial charge is 0.374 e. The highest BCUT2D eigenvalue weighted by Gasteiger charge is 2.27. The summed E-state index contributed by atoms with van der Waals surface area (Å²) in [6.45, 7) is 0. The van der Waals surface area contributed by atoms with E-state index in [1.165, 1.54) is 7.11 Å². The first-order valence-corrected chi connectivity index (χ1v) is 10.5. The van der Waals surface area contributed by atoms with Crippen LogP contribution in [0.3, 0.4) is 0 Å². The Hall–Kier alpha value is -4.99. The molecule has 0 aliphatic rings. The minimum Gasteiger partial charge on any atom is -0.497 e. The maximum Gasteiger partial charge on any atom is 0.374 e. The summed E-state index contributed by atoms with van der Waals surface area (Å²) < 4.78 is 10.7. The van der Waals surface area contributed by atoms with Crippen molar-refractivity contribution in [3.05, 3.63) is 112 Å². The molecule has 10 heteroatoms. The number of hydrogen-bond acceptors (Lipinski definition) is 8. The molecule has 10 nitrogen and oxygen atoms in total. The normalized spacial score (nSPS) is 10.5. The zero-order valence-corrected chi connectivity index (χ0v) is 18.6. The first-order valence-electron chi connectivity index (χ1n) is 10.5. The molecular weight excluding hydrogens is 450 g/mol. The van der Waals surface area contributed by atoms with Crippen LogP contribution >= 0.6 is 0 Å². The van der Waals surface area contributed by atoms with Crippen LogP contribution < -0.4 is 20.3 Å². The van der Waals surface area contributed by atoms with E-state index in [-0.39, 0.29) is 11.7 Å². The van der Waals surface area contributed by atoms with E-state index in [9.17, 15) is 14.9 Å². The lowest BCUT2D eigenvalue weighted by Crippen LogP contribution is -2.35. The number of rotatable bonds is 9. The van der Waals surface area contributed by atoms with Crippen LogP contribution in [0, 0.1) is 10.1 Å². The van der Waals surface area contributed by atoms with Gasteiger partial charge in [-0.1, -0.05) is 60.7 Å². The Morgan fingerprint density at radius 2 is 1.46 bits per heavy atom. The highest BCUT2D eigenvalue weighted by molar-refractivity contribution is 5.88. The van der Waals surface area contributed by atoms with Crippen LogP contribution in [0.5, 0.6) is 17.4 Å². The minimum atomic E-state index is -0.681. The molecule has 0 unspecified atom stereocenters. The molecular formula is C25H21N5O5. The van der Waals surface area contributed by atoms with Gasteiger partial charge in [0.25, 0.3) is 0 Å². The second-order valence-electron chi connectivity index (χ2n) is 7.28. The van der Waals surface area contributed by atoms with Gasteiger partial charge in [0.1, 0.15) is 17.8 Å². The molecule has 4 rings (SSSR count). The molecule has 0 saturated heterocycles. The van der Waals surface area contributed by atoms with E-state index in [2.05, 4.69) is 20.8 Å². The number of carbonyl (C=O) groups excluding carboxylic acids is 1. The van der Waals surface area contributed by atoms with Gasteiger partial charge in [0.2, 0.25) is 11.7 Å². The zero-order chi connectivity index (χ0) is 24.6. The molecule has 4 aromatic rings. The predicted molar refractivity (Wildman–Crippen MR) is 128 cm³/mol. The SMILES string of the molecule is COc1ccc(Oc2ncnc(NNC(=O)C(c3ccccc3)c3ccccc3)c2[N+](=O)[O-])cc1. The molecule has 0 spiro atoms. The Balaban J connectivity index is 1.58. The van der Waals surface area contributed by atoms with Crippen LogP contribution in [0.2, 0.25) is 0 Å². The number of carbonyl (C=O) groups is 1. The fourth-order valence-corrected chi connectivity index (χ4v) is 3.43. The van der Waals surface area contributed by atoms with Gasteiger partial charge < -0.3 is 9.47 Å². The Kier molecular flexibility index (Phi) is 7.12. The topological polar surface area (TPSA) is 129 Å². The number of amides is 1. The second-order valence-corrected chi connectivity index (χ2v) is 7.28. The van der Waals surface area contributed by atoms with Crippen LogP contribution in [-0.4, -0.2) is 27.9 Å². The molecule has 0 aliphatic heterocycles. The monoisotopic (exact) mass is 471 g/mol. The molecule has 3 aromatic carbocycles. The first kappa shape index (κ1) is 23.2. The van der Waals surface area contributed by atoms with Crippen molar-refractivity contribution < 1.29 is 19.2 Å². The van der Waals surface area contributed by atoms with Gasteiger partial charge in [-0.15, -0.1) is 0 Å². The van der Waals surface area contributed by atoms with E-state index >= 15 is 0 Å². The molecule has 35 heavy (non-hydrogen) atoms. The van der Waals surface area contributed by atoms with Crippen molar-refractivity contribution in [3.8, 4) is 17.4 Å². The average molecular weight is 471 g/mol. The summed E-state index contributed by atoms with van der Waals surface area (Å²) in [5.74, 6) is -0.660. The van der Waals surface area contributed by atoms with Crippen molar-refractivity contribution in [1.29, 1.82) is 0 Å². The van der Waals surface area contributed by atoms with E-state index in [0.29, 0.717) is 11.5 Å². The number of anilines is 1. The van der Waals surface area contributed by atoms with Crippen LogP contribution in [0.15, 0.2) is 91.3 Å². The van der Waals surface area contributed by atoms with Crippen molar-refractivity contribution >= 4 is 17.4 Å². The van der Waals surface area contributed by atoms with Gasteiger partial charge in [-0.25, -0.2) is 4.98 Å². The van der Waals surface area contributed by atoms with Gasteiger partial charge in [0, 0.05) is 0 Å². The van der Waals surface area contributed by atoms with E-state index in [1.54, 1.807) is 24.3 Å². The zero-order valence-electron chi connectivity index (χ0n) is 18.6. The van der Waals surface area contributed by atoms with E-state index in [4.69, 9.17) is 9.47 Å². The Labute approximate surface area is 200 Å². The lowest BCUT2D eigenvalue weighted by Gasteiger charge is -2.18. The maximum atomic E-state index is 13.2. The summed E-state index contributed by atoms with van der Waals surface area (Å²) in [6, 6.07) is 24.9. The third-order valence-corrected chi connectivity index (χ3v) is 5.08. The van der Waals surface area contributed by atoms with Crippen LogP contribution in [0.4, 0.5) is 11.5 Å². The summed E-state index contributed by atoms with van der Waals surface area (Å²) in [5.41, 5.74) is 6.11. The number of ether oxygens (including phenoxy) is 2. The lowest BCUT2D eigenvalue weighted by atomic mass is 9.91. The number of nitro groups is 1. The summed E-state index contributed by atoms with van der Waals surface area (Å²) in [5, 5.41) is 11.8. The minimum absolute atomic E-state index is 0.221. The van der Waals surface area contributed by atoms with Crippen molar-refractivity contribution in [2.45, 2.75) is 5.92 Å². The van der Waals surface area contributed by atoms with Crippen LogP contribution in [0.25, 0.3) is 0 Å². The number of aromatic nitrogens is 2. The molecule has 0 aliphatic carbocycles. The Morgan fingerprint density at radius 3 is 2.00 bits per heavy atom. The van der Waals surface area contributed by atoms with Crippen molar-refractivity contribution in [1.82, 2.24) is 15.4 Å². The molecule has 1 amide bonds. The third-order valence-electron chi connectivity index (χ3n) is 5.08. The van der Waals surface area contributed by atoms with Gasteiger partial charge in [0.15, 0.2) is 0 Å². The third kappa shape index (κ3) is 5.50. The average Bonchev–Trinajstić information content (AvgIpc) is 2.89. The van der Waals surface area contributed by atoms with Gasteiger partial charge in [-0.3, -0.25) is 25.8 Å². The van der Waals surface area contributed by atoms with E-state index in [0.717, 1.165) is 17.5 Å². The Bertz CT molecular complexity index is 1260. The second kappa shape index (κ2) is 10.8. The fraction of sp³-hybridized carbons (Fsp3) is 0.0800. The summed E-state index contributed by atoms with van der Waals surface area (Å²) >= 11 is 0. The summed E-state index contributed by atoms with van der Waals surface area (Å²) in [6.07, 6.45) is 1.10. The number of nitrogens with one attached hydrogen (secondary N) is 2. The number of methoxy groups -OCH3 is 1. The Morgan fingerprint density at radius 1 is 0.886 bits per heavy atom. The number of hydrazine groups is 1. The fourth-order valence-electron chi connectivity index (χ4n) is 3.43. The van der Waals surface area contributed by atoms with Crippen LogP contribution in [0.1, 0.15) is 17.0 Å². The van der Waals surface area contributed by atoms with Crippen molar-refractivity contribution in [2.75, 3.05) is 12.5 Å². The lowest BCUT2D eigenvalue weighted by molar-refractivity contribution is -0.385. The molecule has 1 heterocycles. The van der Waals surface area contributed by atoms with Crippen molar-refractivity contribution in [2.24, 2.45) is 0 Å². The van der Waals surface area contributed by atoms with Gasteiger partial charge in [-0.05, 0) is 35.4 Å². The predicted octanol–water partition coefficient (Wildman–Crippen LogP) is 4.46. The molecule has 0 atom stereocenters.